The molecule has 0 aliphatic carbocycles. The molecule has 0 amide bonds. The number of rotatable bonds is 3. The zero-order valence-corrected chi connectivity index (χ0v) is 9.75. The maximum absolute atomic E-state index is 11.9. The van der Waals surface area contributed by atoms with Gasteiger partial charge in [-0.3, -0.25) is 0 Å². The van der Waals surface area contributed by atoms with Crippen LogP contribution in [-0.2, 0) is 9.53 Å². The highest BCUT2D eigenvalue weighted by Crippen LogP contribution is 2.24. The summed E-state index contributed by atoms with van der Waals surface area (Å²) in [7, 11) is 1.24. The molecule has 0 atom stereocenters. The number of halogens is 3. The highest BCUT2D eigenvalue weighted by Gasteiger charge is 2.30. The van der Waals surface area contributed by atoms with Gasteiger partial charge in [0.05, 0.1) is 7.11 Å². The molecule has 98 valence electrons. The summed E-state index contributed by atoms with van der Waals surface area (Å²) in [6.07, 6.45) is -3.46. The average Bonchev–Trinajstić information content (AvgIpc) is 2.27. The number of benzene rings is 1. The number of allylic oxidation sites excluding steroid dienone is 1. The lowest BCUT2D eigenvalue weighted by molar-refractivity contribution is -0.274. The highest BCUT2D eigenvalue weighted by molar-refractivity contribution is 5.90. The number of esters is 1. The lowest BCUT2D eigenvalue weighted by atomic mass is 10.1. The molecule has 1 aromatic carbocycles. The van der Waals surface area contributed by atoms with Crippen LogP contribution in [-0.4, -0.2) is 19.4 Å². The van der Waals surface area contributed by atoms with Crippen LogP contribution in [0.2, 0.25) is 0 Å². The summed E-state index contributed by atoms with van der Waals surface area (Å²) in [6, 6.07) is 5.21. The molecule has 0 heterocycles. The van der Waals surface area contributed by atoms with Crippen LogP contribution in [0.3, 0.4) is 0 Å². The number of carbonyl (C=O) groups is 1. The average molecular weight is 260 g/mol. The molecule has 0 N–H and O–H groups in total. The summed E-state index contributed by atoms with van der Waals surface area (Å²) in [6.45, 7) is 1.65. The summed E-state index contributed by atoms with van der Waals surface area (Å²) in [5.74, 6) is -0.833. The van der Waals surface area contributed by atoms with Gasteiger partial charge in [-0.1, -0.05) is 12.1 Å². The topological polar surface area (TPSA) is 35.5 Å². The van der Waals surface area contributed by atoms with E-state index in [9.17, 15) is 18.0 Å². The van der Waals surface area contributed by atoms with E-state index in [0.29, 0.717) is 11.1 Å². The number of alkyl halides is 3. The molecule has 0 radical (unpaired) electrons. The number of hydrogen-bond donors (Lipinski definition) is 0. The summed E-state index contributed by atoms with van der Waals surface area (Å²) in [4.78, 5) is 11.0. The van der Waals surface area contributed by atoms with E-state index in [4.69, 9.17) is 0 Å². The fraction of sp³-hybridized carbons (Fsp3) is 0.250. The van der Waals surface area contributed by atoms with Crippen molar-refractivity contribution in [1.82, 2.24) is 0 Å². The van der Waals surface area contributed by atoms with Gasteiger partial charge in [-0.05, 0) is 30.2 Å². The van der Waals surface area contributed by atoms with Crippen LogP contribution in [0.15, 0.2) is 30.3 Å². The molecule has 1 aromatic rings. The number of hydrogen-bond acceptors (Lipinski definition) is 3. The fourth-order valence-electron chi connectivity index (χ4n) is 1.24. The summed E-state index contributed by atoms with van der Waals surface area (Å²) < 4.78 is 43.9. The SMILES string of the molecule is COC(=O)/C=C(/C)c1ccc(OC(F)(F)F)cc1. The smallest absolute Gasteiger partial charge is 0.466 e. The van der Waals surface area contributed by atoms with Gasteiger partial charge in [0.15, 0.2) is 0 Å². The lowest BCUT2D eigenvalue weighted by Gasteiger charge is -2.09. The van der Waals surface area contributed by atoms with Crippen LogP contribution in [0.1, 0.15) is 12.5 Å². The van der Waals surface area contributed by atoms with E-state index < -0.39 is 12.3 Å². The van der Waals surface area contributed by atoms with E-state index in [1.807, 2.05) is 0 Å². The second-order valence-corrected chi connectivity index (χ2v) is 3.42. The van der Waals surface area contributed by atoms with Crippen LogP contribution in [0.5, 0.6) is 5.75 Å². The van der Waals surface area contributed by atoms with Crippen molar-refractivity contribution in [3.05, 3.63) is 35.9 Å². The predicted molar refractivity (Wildman–Crippen MR) is 58.8 cm³/mol. The lowest BCUT2D eigenvalue weighted by Crippen LogP contribution is -2.16. The second kappa shape index (κ2) is 5.57. The predicted octanol–water partition coefficient (Wildman–Crippen LogP) is 3.16. The maximum Gasteiger partial charge on any atom is 0.573 e. The number of methoxy groups -OCH3 is 1. The molecular formula is C12H11F3O3. The molecule has 0 unspecified atom stereocenters. The third kappa shape index (κ3) is 4.48. The second-order valence-electron chi connectivity index (χ2n) is 3.42. The van der Waals surface area contributed by atoms with E-state index in [1.54, 1.807) is 6.92 Å². The van der Waals surface area contributed by atoms with Crippen molar-refractivity contribution in [1.29, 1.82) is 0 Å². The first-order chi connectivity index (χ1) is 8.31. The Labute approximate surface area is 102 Å². The normalized spacial score (nSPS) is 12.2. The van der Waals surface area contributed by atoms with Crippen LogP contribution in [0.4, 0.5) is 13.2 Å². The third-order valence-electron chi connectivity index (χ3n) is 2.08. The molecule has 18 heavy (non-hydrogen) atoms. The first-order valence-electron chi connectivity index (χ1n) is 4.94. The first kappa shape index (κ1) is 14.1. The molecule has 0 aromatic heterocycles. The minimum Gasteiger partial charge on any atom is -0.466 e. The Morgan fingerprint density at radius 1 is 1.22 bits per heavy atom. The Balaban J connectivity index is 2.83. The van der Waals surface area contributed by atoms with Gasteiger partial charge in [-0.25, -0.2) is 4.79 Å². The van der Waals surface area contributed by atoms with Gasteiger partial charge in [0, 0.05) is 6.08 Å². The fourth-order valence-corrected chi connectivity index (χ4v) is 1.24. The quantitative estimate of drug-likeness (QED) is 0.618. The Hall–Kier alpha value is -1.98. The minimum absolute atomic E-state index is 0.308. The van der Waals surface area contributed by atoms with Crippen LogP contribution >= 0.6 is 0 Å². The summed E-state index contributed by atoms with van der Waals surface area (Å²) in [5, 5.41) is 0. The van der Waals surface area contributed by atoms with Crippen molar-refractivity contribution < 1.29 is 27.4 Å². The van der Waals surface area contributed by atoms with Gasteiger partial charge in [-0.15, -0.1) is 13.2 Å². The first-order valence-corrected chi connectivity index (χ1v) is 4.94. The summed E-state index contributed by atoms with van der Waals surface area (Å²) in [5.41, 5.74) is 1.19. The van der Waals surface area contributed by atoms with Gasteiger partial charge < -0.3 is 9.47 Å². The molecule has 0 saturated carbocycles. The zero-order chi connectivity index (χ0) is 13.8. The van der Waals surface area contributed by atoms with Crippen molar-refractivity contribution in [2.24, 2.45) is 0 Å². The number of ether oxygens (including phenoxy) is 2. The zero-order valence-electron chi connectivity index (χ0n) is 9.75. The van der Waals surface area contributed by atoms with E-state index in [0.717, 1.165) is 0 Å². The van der Waals surface area contributed by atoms with Gasteiger partial charge in [0.1, 0.15) is 5.75 Å². The molecule has 3 nitrogen and oxygen atoms in total. The van der Waals surface area contributed by atoms with Crippen molar-refractivity contribution in [3.8, 4) is 5.75 Å². The molecular weight excluding hydrogens is 249 g/mol. The standard InChI is InChI=1S/C12H11F3O3/c1-8(7-11(16)17-2)9-3-5-10(6-4-9)18-12(13,14)15/h3-7H,1-2H3/b8-7-. The molecule has 6 heteroatoms. The van der Waals surface area contributed by atoms with Crippen LogP contribution < -0.4 is 4.74 Å². The Morgan fingerprint density at radius 3 is 2.22 bits per heavy atom. The van der Waals surface area contributed by atoms with Gasteiger partial charge in [0.2, 0.25) is 0 Å². The van der Waals surface area contributed by atoms with Crippen molar-refractivity contribution in [3.63, 3.8) is 0 Å². The minimum atomic E-state index is -4.71. The molecule has 0 bridgehead atoms. The van der Waals surface area contributed by atoms with Crippen LogP contribution in [0, 0.1) is 0 Å². The molecule has 0 spiro atoms. The molecule has 0 aliphatic rings. The van der Waals surface area contributed by atoms with Crippen molar-refractivity contribution >= 4 is 11.5 Å². The molecule has 0 fully saturated rings. The van der Waals surface area contributed by atoms with E-state index in [1.165, 1.54) is 37.5 Å². The van der Waals surface area contributed by atoms with Gasteiger partial charge in [0.25, 0.3) is 0 Å². The Kier molecular flexibility index (Phi) is 4.36. The van der Waals surface area contributed by atoms with Crippen molar-refractivity contribution in [2.45, 2.75) is 13.3 Å². The van der Waals surface area contributed by atoms with Gasteiger partial charge in [-0.2, -0.15) is 0 Å². The molecule has 0 saturated heterocycles. The largest absolute Gasteiger partial charge is 0.573 e. The highest BCUT2D eigenvalue weighted by atomic mass is 19.4. The van der Waals surface area contributed by atoms with Crippen LogP contribution in [0.25, 0.3) is 5.57 Å². The monoisotopic (exact) mass is 260 g/mol. The summed E-state index contributed by atoms with van der Waals surface area (Å²) >= 11 is 0. The third-order valence-corrected chi connectivity index (χ3v) is 2.08. The van der Waals surface area contributed by atoms with Gasteiger partial charge >= 0.3 is 12.3 Å². The van der Waals surface area contributed by atoms with Crippen molar-refractivity contribution in [2.75, 3.05) is 7.11 Å². The maximum atomic E-state index is 11.9. The van der Waals surface area contributed by atoms with E-state index in [2.05, 4.69) is 9.47 Å². The molecule has 1 rings (SSSR count). The van der Waals surface area contributed by atoms with E-state index >= 15 is 0 Å². The number of carbonyl (C=O) groups excluding carboxylic acids is 1. The Bertz CT molecular complexity index is 447. The molecule has 0 aliphatic heterocycles. The Morgan fingerprint density at radius 2 is 1.78 bits per heavy atom. The van der Waals surface area contributed by atoms with E-state index in [-0.39, 0.29) is 5.75 Å².